The molecule has 0 heterocycles. The molecule has 0 bridgehead atoms. The summed E-state index contributed by atoms with van der Waals surface area (Å²) in [6, 6.07) is 5.25. The molecule has 3 atom stereocenters. The molecule has 390 valence electrons. The molecule has 0 radical (unpaired) electrons. The van der Waals surface area contributed by atoms with Gasteiger partial charge >= 0.3 is 11.9 Å². The number of carbonyl (C=O) groups is 8. The maximum Gasteiger partial charge on any atom is 0.326 e. The number of unbranched alkanes of at least 4 members (excludes halogenated alkanes) is 18. The number of rotatable bonds is 45. The first-order chi connectivity index (χ1) is 32.6. The lowest BCUT2D eigenvalue weighted by Gasteiger charge is -2.19. The van der Waals surface area contributed by atoms with E-state index in [0.29, 0.717) is 70.9 Å². The van der Waals surface area contributed by atoms with E-state index in [1.165, 1.54) is 69.9 Å². The highest BCUT2D eigenvalue weighted by molar-refractivity contribution is 5.91. The van der Waals surface area contributed by atoms with Gasteiger partial charge in [0.1, 0.15) is 23.4 Å². The van der Waals surface area contributed by atoms with Gasteiger partial charge in [0.05, 0.1) is 0 Å². The lowest BCUT2D eigenvalue weighted by atomic mass is 9.84. The summed E-state index contributed by atoms with van der Waals surface area (Å²) in [6.07, 6.45) is 22.9. The summed E-state index contributed by atoms with van der Waals surface area (Å²) in [7, 11) is 0. The third-order valence-electron chi connectivity index (χ3n) is 12.4. The van der Waals surface area contributed by atoms with Crippen molar-refractivity contribution < 1.29 is 56.5 Å². The predicted molar refractivity (Wildman–Crippen MR) is 269 cm³/mol. The van der Waals surface area contributed by atoms with E-state index in [-0.39, 0.29) is 88.8 Å². The smallest absolute Gasteiger partial charge is 0.326 e. The van der Waals surface area contributed by atoms with Gasteiger partial charge in [-0.15, -0.1) is 0 Å². The topological polar surface area (TPSA) is 259 Å². The molecule has 15 nitrogen and oxygen atoms in total. The fourth-order valence-electron chi connectivity index (χ4n) is 8.36. The number of benzene rings is 1. The first-order valence-electron chi connectivity index (χ1n) is 26.0. The Balaban J connectivity index is 0. The molecule has 0 saturated heterocycles. The van der Waals surface area contributed by atoms with E-state index >= 15 is 0 Å². The number of ketones is 2. The maximum atomic E-state index is 13.4. The van der Waals surface area contributed by atoms with Gasteiger partial charge in [0.15, 0.2) is 0 Å². The molecular weight excluding hydrogens is 869 g/mol. The van der Waals surface area contributed by atoms with Gasteiger partial charge in [-0.05, 0) is 75.0 Å². The molecule has 1 aromatic rings. The van der Waals surface area contributed by atoms with Crippen molar-refractivity contribution in [3.63, 3.8) is 0 Å². The quantitative estimate of drug-likeness (QED) is 0.0303. The van der Waals surface area contributed by atoms with Crippen LogP contribution in [0.5, 0.6) is 5.75 Å². The first-order valence-corrected chi connectivity index (χ1v) is 26.0. The molecule has 8 N–H and O–H groups in total. The Hall–Kier alpha value is -4.82. The van der Waals surface area contributed by atoms with Crippen molar-refractivity contribution in [2.45, 2.75) is 219 Å². The summed E-state index contributed by atoms with van der Waals surface area (Å²) >= 11 is 0. The van der Waals surface area contributed by atoms with E-state index in [9.17, 15) is 48.6 Å². The molecule has 4 amide bonds. The number of nitrogens with two attached hydrogens (primary N) is 1. The van der Waals surface area contributed by atoms with Crippen LogP contribution in [0.4, 0.5) is 0 Å². The summed E-state index contributed by atoms with van der Waals surface area (Å²) in [5.41, 5.74) is 6.42. The van der Waals surface area contributed by atoms with Gasteiger partial charge in [-0.1, -0.05) is 129 Å². The van der Waals surface area contributed by atoms with Crippen LogP contribution >= 0.6 is 0 Å². The Kier molecular flexibility index (Phi) is 35.2. The van der Waals surface area contributed by atoms with Crippen molar-refractivity contribution in [2.24, 2.45) is 23.5 Å². The van der Waals surface area contributed by atoms with Crippen molar-refractivity contribution >= 4 is 47.1 Å². The molecule has 0 unspecified atom stereocenters. The second-order valence-corrected chi connectivity index (χ2v) is 19.2. The van der Waals surface area contributed by atoms with Gasteiger partial charge in [0, 0.05) is 72.7 Å². The Morgan fingerprint density at radius 1 is 0.529 bits per heavy atom. The van der Waals surface area contributed by atoms with Crippen LogP contribution in [0.3, 0.4) is 0 Å². The molecule has 0 aliphatic rings. The Morgan fingerprint density at radius 3 is 1.47 bits per heavy atom. The van der Waals surface area contributed by atoms with E-state index < -0.39 is 35.7 Å². The summed E-state index contributed by atoms with van der Waals surface area (Å²) in [5, 5.41) is 36.1. The number of nitrogens with one attached hydrogen (secondary N) is 3. The van der Waals surface area contributed by atoms with Crippen LogP contribution in [0, 0.1) is 17.8 Å². The minimum atomic E-state index is -1.17. The molecule has 1 rings (SSSR count). The van der Waals surface area contributed by atoms with Crippen molar-refractivity contribution in [3.05, 3.63) is 29.8 Å². The largest absolute Gasteiger partial charge is 0.508 e. The van der Waals surface area contributed by atoms with Gasteiger partial charge in [-0.2, -0.15) is 0 Å². The number of carbonyl (C=O) groups excluding carboxylic acids is 6. The third-order valence-corrected chi connectivity index (χ3v) is 12.4. The normalized spacial score (nSPS) is 12.5. The highest BCUT2D eigenvalue weighted by Crippen LogP contribution is 2.24. The van der Waals surface area contributed by atoms with Gasteiger partial charge in [-0.3, -0.25) is 33.6 Å². The second kappa shape index (κ2) is 39.1. The van der Waals surface area contributed by atoms with Crippen molar-refractivity contribution in [3.8, 4) is 5.75 Å². The number of amides is 4. The Morgan fingerprint density at radius 2 is 0.985 bits per heavy atom. The maximum absolute atomic E-state index is 13.4. The average Bonchev–Trinajstić information content (AvgIpc) is 3.27. The number of hydrogen-bond acceptors (Lipinski definition) is 9. The monoisotopic (exact) mass is 961 g/mol. The van der Waals surface area contributed by atoms with Crippen molar-refractivity contribution in [1.29, 1.82) is 0 Å². The minimum absolute atomic E-state index is 0. The third kappa shape index (κ3) is 34.5. The van der Waals surface area contributed by atoms with Gasteiger partial charge in [-0.25, -0.2) is 4.79 Å². The van der Waals surface area contributed by atoms with Crippen LogP contribution in [0.2, 0.25) is 0 Å². The number of phenolic OH excluding ortho intramolecular Hbond substituents is 1. The highest BCUT2D eigenvalue weighted by Gasteiger charge is 2.27. The number of aliphatic carboxylic acids is 2. The minimum Gasteiger partial charge on any atom is -0.508 e. The number of primary amides is 1. The number of phenols is 1. The molecular formula is C53H92N4O11. The van der Waals surface area contributed by atoms with E-state index in [1.54, 1.807) is 12.1 Å². The summed E-state index contributed by atoms with van der Waals surface area (Å²) < 4.78 is 0. The summed E-state index contributed by atoms with van der Waals surface area (Å²) in [5.74, 6) is -4.40. The van der Waals surface area contributed by atoms with E-state index in [4.69, 9.17) is 10.8 Å². The molecule has 1 aromatic carbocycles. The second-order valence-electron chi connectivity index (χ2n) is 19.2. The van der Waals surface area contributed by atoms with Gasteiger partial charge in [0.25, 0.3) is 0 Å². The molecule has 0 saturated carbocycles. The van der Waals surface area contributed by atoms with Crippen molar-refractivity contribution in [2.75, 3.05) is 13.1 Å². The molecule has 0 aliphatic heterocycles. The standard InChI is InChI=1S/C53H88N4O11.2H2/c1-40(2)36-45(59)38-42(47(60)39-43(52(54)66)37-41-28-30-44(58)31-29-41)24-21-23-35-55-48(61)25-19-17-22-34-56-49(62)33-32-46(53(67)68)57-50(63)26-18-15-13-11-9-7-5-3-4-6-8-10-12-14-16-20-27-51(64)65;;/h28-31,40,42-43,46,58H,3-27,32-39H2,1-2H3,(H2,54,66)(H,55,61)(H,56,62)(H,57,63)(H,64,65)(H,67,68);2*1H/t42-,43-,46+;;/m1../s1. The zero-order valence-electron chi connectivity index (χ0n) is 41.6. The van der Waals surface area contributed by atoms with Crippen LogP contribution in [0.15, 0.2) is 24.3 Å². The fourth-order valence-corrected chi connectivity index (χ4v) is 8.36. The van der Waals surface area contributed by atoms with Crippen LogP contribution in [-0.4, -0.2) is 81.6 Å². The lowest BCUT2D eigenvalue weighted by Crippen LogP contribution is -2.41. The number of Topliss-reactive ketones (excluding diaryl/α,β-unsaturated/α-hetero) is 2. The number of carboxylic acids is 2. The van der Waals surface area contributed by atoms with Crippen LogP contribution in [0.1, 0.15) is 215 Å². The number of aromatic hydroxyl groups is 1. The van der Waals surface area contributed by atoms with Gasteiger partial charge in [0.2, 0.25) is 23.6 Å². The molecule has 68 heavy (non-hydrogen) atoms. The zero-order chi connectivity index (χ0) is 50.4. The number of carboxylic acid groups (broad SMARTS) is 2. The number of hydrogen-bond donors (Lipinski definition) is 7. The van der Waals surface area contributed by atoms with Crippen LogP contribution in [0.25, 0.3) is 0 Å². The average molecular weight is 961 g/mol. The molecule has 0 fully saturated rings. The molecule has 0 aromatic heterocycles. The Labute approximate surface area is 409 Å². The molecule has 0 spiro atoms. The van der Waals surface area contributed by atoms with Crippen LogP contribution in [-0.2, 0) is 44.8 Å². The fraction of sp³-hybridized carbons (Fsp3) is 0.736. The zero-order valence-corrected chi connectivity index (χ0v) is 41.6. The Bertz CT molecular complexity index is 1630. The van der Waals surface area contributed by atoms with Crippen LogP contribution < -0.4 is 21.7 Å². The van der Waals surface area contributed by atoms with E-state index in [1.807, 2.05) is 13.8 Å². The predicted octanol–water partition coefficient (Wildman–Crippen LogP) is 9.53. The van der Waals surface area contributed by atoms with Crippen molar-refractivity contribution in [1.82, 2.24) is 16.0 Å². The summed E-state index contributed by atoms with van der Waals surface area (Å²) in [4.78, 5) is 98.0. The molecule has 0 aliphatic carbocycles. The SMILES string of the molecule is CC(C)CC(=O)C[C@@H](CCCCNC(=O)CCCCCNC(=O)CC[C@H](NC(=O)CCCCCCCCCCCCCCCCCCC(=O)O)C(=O)O)C(=O)C[C@@H](Cc1ccc(O)cc1)C(N)=O.[HH].[HH]. The lowest BCUT2D eigenvalue weighted by molar-refractivity contribution is -0.142. The van der Waals surface area contributed by atoms with Gasteiger partial charge < -0.3 is 37.0 Å². The first kappa shape index (κ1) is 61.2. The summed E-state index contributed by atoms with van der Waals surface area (Å²) in [6.45, 7) is 4.70. The van der Waals surface area contributed by atoms with E-state index in [2.05, 4.69) is 16.0 Å². The molecule has 15 heteroatoms. The van der Waals surface area contributed by atoms with E-state index in [0.717, 1.165) is 44.1 Å². The highest BCUT2D eigenvalue weighted by atomic mass is 16.4.